The van der Waals surface area contributed by atoms with E-state index in [1.807, 2.05) is 63.2 Å². The van der Waals surface area contributed by atoms with E-state index in [2.05, 4.69) is 15.4 Å². The summed E-state index contributed by atoms with van der Waals surface area (Å²) in [7, 11) is -2.57. The third-order valence-electron chi connectivity index (χ3n) is 13.4. The molecule has 4 amide bonds. The molecule has 2 aromatic carbocycles. The van der Waals surface area contributed by atoms with Crippen LogP contribution in [0.4, 0.5) is 18.0 Å². The molecule has 2 aliphatic heterocycles. The Morgan fingerprint density at radius 1 is 1.00 bits per heavy atom. The predicted molar refractivity (Wildman–Crippen MR) is 243 cm³/mol. The van der Waals surface area contributed by atoms with Gasteiger partial charge in [-0.1, -0.05) is 26.0 Å². The first-order chi connectivity index (χ1) is 31.3. The SMILES string of the molecule is COc1ccc2c(O[C@@H]3C[C@H]4C(=O)N[C@]5(C(=O)NS(=O)(=O)C6(C)CC6)C[C@H]5/C=C/CC[C@@H](C)C[C@@H](C)[C@H](NC(=O)OC(C)(C)C(F)(F)F)C(=O)N4C3)nc(-c3ccc(OC(C)C)cc3)cc2c1. The van der Waals surface area contributed by atoms with Crippen molar-refractivity contribution in [1.82, 2.24) is 25.2 Å². The number of carbonyl (C=O) groups excluding carboxylic acids is 4. The van der Waals surface area contributed by atoms with Crippen LogP contribution < -0.4 is 29.6 Å². The van der Waals surface area contributed by atoms with Gasteiger partial charge in [0.05, 0.1) is 30.2 Å². The van der Waals surface area contributed by atoms with Crippen LogP contribution in [-0.4, -0.2) is 102 Å². The van der Waals surface area contributed by atoms with E-state index in [0.717, 1.165) is 5.56 Å². The number of hydrogen-bond acceptors (Lipinski definition) is 11. The summed E-state index contributed by atoms with van der Waals surface area (Å²) in [6.07, 6.45) is -1.60. The lowest BCUT2D eigenvalue weighted by Gasteiger charge is -2.34. The van der Waals surface area contributed by atoms with Crippen LogP contribution in [0.15, 0.2) is 60.7 Å². The Kier molecular flexibility index (Phi) is 13.6. The number of aromatic nitrogens is 1. The van der Waals surface area contributed by atoms with Gasteiger partial charge in [-0.05, 0) is 139 Å². The molecular weight excluding hydrogens is 896 g/mol. The largest absolute Gasteiger partial charge is 0.497 e. The van der Waals surface area contributed by atoms with Gasteiger partial charge in [0.1, 0.15) is 35.2 Å². The van der Waals surface area contributed by atoms with Crippen molar-refractivity contribution in [2.24, 2.45) is 17.8 Å². The minimum Gasteiger partial charge on any atom is -0.497 e. The Morgan fingerprint density at radius 2 is 1.69 bits per heavy atom. The van der Waals surface area contributed by atoms with Crippen molar-refractivity contribution in [2.75, 3.05) is 13.7 Å². The van der Waals surface area contributed by atoms with Gasteiger partial charge in [0.15, 0.2) is 0 Å². The third kappa shape index (κ3) is 10.6. The fraction of sp³-hybridized carbons (Fsp3) is 0.562. The van der Waals surface area contributed by atoms with Gasteiger partial charge in [-0.25, -0.2) is 18.2 Å². The molecule has 2 saturated carbocycles. The van der Waals surface area contributed by atoms with Crippen molar-refractivity contribution in [3.05, 3.63) is 60.7 Å². The molecular formula is C48H60F3N5O10S. The molecule has 3 heterocycles. The van der Waals surface area contributed by atoms with Gasteiger partial charge in [-0.3, -0.25) is 19.1 Å². The van der Waals surface area contributed by atoms with E-state index in [4.69, 9.17) is 23.9 Å². The van der Waals surface area contributed by atoms with Gasteiger partial charge < -0.3 is 34.5 Å². The summed E-state index contributed by atoms with van der Waals surface area (Å²) in [5.41, 5.74) is -3.33. The topological polar surface area (TPSA) is 192 Å². The fourth-order valence-electron chi connectivity index (χ4n) is 8.75. The smallest absolute Gasteiger partial charge is 0.427 e. The number of nitrogens with zero attached hydrogens (tertiary/aromatic N) is 2. The van der Waals surface area contributed by atoms with E-state index in [0.29, 0.717) is 73.9 Å². The van der Waals surface area contributed by atoms with Gasteiger partial charge in [0, 0.05) is 23.3 Å². The maximum Gasteiger partial charge on any atom is 0.427 e. The number of pyridine rings is 1. The molecule has 3 aromatic rings. The van der Waals surface area contributed by atoms with Gasteiger partial charge in [-0.15, -0.1) is 0 Å². The average molecular weight is 956 g/mol. The molecule has 364 valence electrons. The molecule has 15 nitrogen and oxygen atoms in total. The highest BCUT2D eigenvalue weighted by Gasteiger charge is 2.63. The molecule has 1 aromatic heterocycles. The number of methoxy groups -OCH3 is 1. The molecule has 0 radical (unpaired) electrons. The monoisotopic (exact) mass is 955 g/mol. The molecule has 4 aliphatic rings. The molecule has 19 heteroatoms. The summed E-state index contributed by atoms with van der Waals surface area (Å²) in [6.45, 7) is 10.1. The Labute approximate surface area is 388 Å². The summed E-state index contributed by atoms with van der Waals surface area (Å²) in [5.74, 6) is -2.41. The number of alkyl carbamates (subject to hydrolysis) is 1. The Bertz CT molecular complexity index is 2530. The maximum absolute atomic E-state index is 15.0. The predicted octanol–water partition coefficient (Wildman–Crippen LogP) is 7.37. The maximum atomic E-state index is 15.0. The molecule has 1 saturated heterocycles. The molecule has 3 N–H and O–H groups in total. The van der Waals surface area contributed by atoms with Gasteiger partial charge in [0.25, 0.3) is 5.91 Å². The highest BCUT2D eigenvalue weighted by atomic mass is 32.2. The summed E-state index contributed by atoms with van der Waals surface area (Å²) < 4.78 is 92.3. The second kappa shape index (κ2) is 18.5. The molecule has 67 heavy (non-hydrogen) atoms. The van der Waals surface area contributed by atoms with Crippen LogP contribution in [0, 0.1) is 17.8 Å². The highest BCUT2D eigenvalue weighted by Crippen LogP contribution is 2.48. The van der Waals surface area contributed by atoms with Crippen molar-refractivity contribution in [1.29, 1.82) is 0 Å². The van der Waals surface area contributed by atoms with Crippen molar-refractivity contribution < 1.29 is 59.7 Å². The van der Waals surface area contributed by atoms with E-state index in [9.17, 15) is 36.0 Å². The first-order valence-electron chi connectivity index (χ1n) is 22.7. The first kappa shape index (κ1) is 49.3. The molecule has 2 aliphatic carbocycles. The van der Waals surface area contributed by atoms with Crippen LogP contribution in [0.3, 0.4) is 0 Å². The Hall–Kier alpha value is -5.59. The van der Waals surface area contributed by atoms with Crippen molar-refractivity contribution in [3.63, 3.8) is 0 Å². The summed E-state index contributed by atoms with van der Waals surface area (Å²) in [6, 6.07) is 11.7. The zero-order valence-electron chi connectivity index (χ0n) is 39.0. The zero-order valence-corrected chi connectivity index (χ0v) is 39.8. The van der Waals surface area contributed by atoms with E-state index >= 15 is 4.79 Å². The number of alkyl halides is 3. The lowest BCUT2D eigenvalue weighted by molar-refractivity contribution is -0.244. The normalized spacial score (nSPS) is 27.1. The molecule has 0 unspecified atom stereocenters. The number of carbonyl (C=O) groups is 4. The van der Waals surface area contributed by atoms with E-state index < -0.39 is 85.9 Å². The fourth-order valence-corrected chi connectivity index (χ4v) is 10.1. The minimum atomic E-state index is -4.93. The zero-order chi connectivity index (χ0) is 48.9. The summed E-state index contributed by atoms with van der Waals surface area (Å²) in [4.78, 5) is 63.3. The number of allylic oxidation sites excluding steroid dienone is 1. The number of benzene rings is 2. The van der Waals surface area contributed by atoms with Crippen LogP contribution in [-0.2, 0) is 29.1 Å². The molecule has 0 spiro atoms. The number of fused-ring (bicyclic) bond motifs is 3. The minimum absolute atomic E-state index is 0.0443. The van der Waals surface area contributed by atoms with Crippen molar-refractivity contribution in [3.8, 4) is 28.6 Å². The highest BCUT2D eigenvalue weighted by molar-refractivity contribution is 7.91. The number of hydrogen-bond donors (Lipinski definition) is 3. The number of amides is 4. The van der Waals surface area contributed by atoms with Crippen LogP contribution in [0.5, 0.6) is 17.4 Å². The third-order valence-corrected chi connectivity index (χ3v) is 15.5. The first-order valence-corrected chi connectivity index (χ1v) is 24.2. The van der Waals surface area contributed by atoms with Crippen LogP contribution in [0.25, 0.3) is 22.0 Å². The molecule has 3 fully saturated rings. The van der Waals surface area contributed by atoms with E-state index in [-0.39, 0.29) is 37.3 Å². The van der Waals surface area contributed by atoms with Crippen molar-refractivity contribution in [2.45, 2.75) is 140 Å². The van der Waals surface area contributed by atoms with Gasteiger partial charge in [-0.2, -0.15) is 13.2 Å². The number of sulfonamides is 1. The number of nitrogens with one attached hydrogen (secondary N) is 3. The van der Waals surface area contributed by atoms with Crippen molar-refractivity contribution >= 4 is 44.6 Å². The average Bonchev–Trinajstić information content (AvgIpc) is 4.13. The number of ether oxygens (including phenoxy) is 4. The lowest BCUT2D eigenvalue weighted by Crippen LogP contribution is -2.59. The van der Waals surface area contributed by atoms with E-state index in [1.165, 1.54) is 18.9 Å². The van der Waals surface area contributed by atoms with Gasteiger partial charge >= 0.3 is 12.3 Å². The van der Waals surface area contributed by atoms with Crippen LogP contribution >= 0.6 is 0 Å². The van der Waals surface area contributed by atoms with Crippen LogP contribution in [0.1, 0.15) is 93.4 Å². The second-order valence-electron chi connectivity index (χ2n) is 19.6. The molecule has 7 atom stereocenters. The second-order valence-corrected chi connectivity index (χ2v) is 21.8. The Morgan fingerprint density at radius 3 is 2.33 bits per heavy atom. The molecule has 0 bridgehead atoms. The number of halogens is 3. The summed E-state index contributed by atoms with van der Waals surface area (Å²) >= 11 is 0. The Balaban J connectivity index is 1.26. The quantitative estimate of drug-likeness (QED) is 0.163. The lowest BCUT2D eigenvalue weighted by atomic mass is 9.88. The summed E-state index contributed by atoms with van der Waals surface area (Å²) in [5, 5.41) is 6.52. The van der Waals surface area contributed by atoms with E-state index in [1.54, 1.807) is 25.1 Å². The number of rotatable bonds is 11. The van der Waals surface area contributed by atoms with Gasteiger partial charge in [0.2, 0.25) is 33.3 Å². The van der Waals surface area contributed by atoms with Crippen LogP contribution in [0.2, 0.25) is 0 Å². The standard InChI is InChI=1S/C48H60F3N5O10S/c1-27(2)64-33-15-13-30(14-16-33)37-23-31-22-34(63-8)17-18-36(31)41(52-37)65-35-24-38-40(57)54-47(43(59)55-67(61,62)46(7)19-20-46)25-32(47)12-10-9-11-28(3)21-29(4)39(42(58)56(38)26-35)53-44(60)66-45(5,6)48(49,50)51/h10,12-18,22-23,27-29,32,35,38-39H,9,11,19-21,24-26H2,1-8H3,(H,53,60)(H,54,57)(H,55,59)/b12-10+/t28-,29-,32-,35-,38+,39+,47-/m1/s1. The molecule has 7 rings (SSSR count).